The molecule has 158 valence electrons. The zero-order valence-electron chi connectivity index (χ0n) is 17.6. The van der Waals surface area contributed by atoms with E-state index in [1.54, 1.807) is 12.1 Å². The van der Waals surface area contributed by atoms with Crippen molar-refractivity contribution in [2.45, 2.75) is 12.8 Å². The molecule has 0 aromatic heterocycles. The van der Waals surface area contributed by atoms with E-state index in [4.69, 9.17) is 9.47 Å². The van der Waals surface area contributed by atoms with E-state index < -0.39 is 0 Å². The Balaban J connectivity index is 1.49. The van der Waals surface area contributed by atoms with Crippen molar-refractivity contribution in [1.29, 1.82) is 0 Å². The van der Waals surface area contributed by atoms with Crippen LogP contribution in [0.4, 0.5) is 4.39 Å². The summed E-state index contributed by atoms with van der Waals surface area (Å²) in [6.07, 6.45) is 2.54. The fourth-order valence-corrected chi connectivity index (χ4v) is 4.22. The second-order valence-electron chi connectivity index (χ2n) is 8.77. The average Bonchev–Trinajstić information content (AvgIpc) is 3.59. The predicted octanol–water partition coefficient (Wildman–Crippen LogP) is 4.06. The van der Waals surface area contributed by atoms with Crippen LogP contribution >= 0.6 is 0 Å². The monoisotopic (exact) mass is 408 g/mol. The minimum Gasteiger partial charge on any atom is -0.493 e. The maximum atomic E-state index is 13.6. The molecule has 1 aliphatic carbocycles. The lowest BCUT2D eigenvalue weighted by Gasteiger charge is -2.34. The lowest BCUT2D eigenvalue weighted by molar-refractivity contribution is 0.160. The Morgan fingerprint density at radius 1 is 1.03 bits per heavy atom. The Labute approximate surface area is 177 Å². The third-order valence-electron chi connectivity index (χ3n) is 6.30. The summed E-state index contributed by atoms with van der Waals surface area (Å²) in [4.78, 5) is 4.85. The van der Waals surface area contributed by atoms with Crippen molar-refractivity contribution in [2.75, 3.05) is 53.0 Å². The molecule has 30 heavy (non-hydrogen) atoms. The molecule has 0 spiro atoms. The van der Waals surface area contributed by atoms with Crippen LogP contribution in [-0.4, -0.2) is 62.8 Å². The van der Waals surface area contributed by atoms with Gasteiger partial charge in [-0.1, -0.05) is 12.1 Å². The molecule has 0 atom stereocenters. The normalized spacial score (nSPS) is 20.1. The molecule has 2 aromatic rings. The molecule has 2 fully saturated rings. The Kier molecular flexibility index (Phi) is 5.48. The summed E-state index contributed by atoms with van der Waals surface area (Å²) in [5.41, 5.74) is 4.49. The van der Waals surface area contributed by atoms with Crippen LogP contribution in [0.25, 0.3) is 5.57 Å². The van der Waals surface area contributed by atoms with Gasteiger partial charge in [-0.2, -0.15) is 0 Å². The minimum atomic E-state index is -0.214. The highest BCUT2D eigenvalue weighted by Crippen LogP contribution is 2.40. The molecule has 1 saturated carbocycles. The van der Waals surface area contributed by atoms with Gasteiger partial charge in [-0.15, -0.1) is 0 Å². The summed E-state index contributed by atoms with van der Waals surface area (Å²) < 4.78 is 25.8. The summed E-state index contributed by atoms with van der Waals surface area (Å²) in [6.45, 7) is 6.47. The molecular formula is C25H29FN2O2. The van der Waals surface area contributed by atoms with Crippen LogP contribution in [0.1, 0.15) is 24.0 Å². The third kappa shape index (κ3) is 4.37. The highest BCUT2D eigenvalue weighted by atomic mass is 19.1. The highest BCUT2D eigenvalue weighted by molar-refractivity contribution is 5.87. The first kappa shape index (κ1) is 19.6. The van der Waals surface area contributed by atoms with Gasteiger partial charge in [0.2, 0.25) is 0 Å². The number of hydrogen-bond donors (Lipinski definition) is 0. The number of halogens is 1. The SMILES string of the molecule is CN1CCN(CC2=C(c3ccc(F)cc3)c3cc(OCC4CC4)ccc3OC2)CC1. The van der Waals surface area contributed by atoms with Crippen LogP contribution in [0.3, 0.4) is 0 Å². The molecule has 2 aliphatic heterocycles. The Morgan fingerprint density at radius 3 is 2.53 bits per heavy atom. The molecule has 0 radical (unpaired) electrons. The van der Waals surface area contributed by atoms with Crippen LogP contribution in [0, 0.1) is 11.7 Å². The molecule has 2 aromatic carbocycles. The van der Waals surface area contributed by atoms with Crippen molar-refractivity contribution >= 4 is 5.57 Å². The summed E-state index contributed by atoms with van der Waals surface area (Å²) in [7, 11) is 2.17. The van der Waals surface area contributed by atoms with Crippen LogP contribution in [0.2, 0.25) is 0 Å². The molecular weight excluding hydrogens is 379 g/mol. The summed E-state index contributed by atoms with van der Waals surface area (Å²) in [5.74, 6) is 2.24. The molecule has 3 aliphatic rings. The van der Waals surface area contributed by atoms with Crippen molar-refractivity contribution in [3.63, 3.8) is 0 Å². The maximum Gasteiger partial charge on any atom is 0.127 e. The van der Waals surface area contributed by atoms with Crippen molar-refractivity contribution in [1.82, 2.24) is 9.80 Å². The van der Waals surface area contributed by atoms with Crippen molar-refractivity contribution in [2.24, 2.45) is 5.92 Å². The van der Waals surface area contributed by atoms with E-state index >= 15 is 0 Å². The van der Waals surface area contributed by atoms with Gasteiger partial charge in [0.25, 0.3) is 0 Å². The van der Waals surface area contributed by atoms with Gasteiger partial charge in [0, 0.05) is 38.3 Å². The van der Waals surface area contributed by atoms with Crippen molar-refractivity contribution < 1.29 is 13.9 Å². The van der Waals surface area contributed by atoms with E-state index in [1.807, 2.05) is 24.3 Å². The third-order valence-corrected chi connectivity index (χ3v) is 6.30. The number of piperazine rings is 1. The van der Waals surface area contributed by atoms with Gasteiger partial charge in [-0.3, -0.25) is 4.90 Å². The molecule has 2 heterocycles. The molecule has 0 bridgehead atoms. The van der Waals surface area contributed by atoms with Crippen molar-refractivity contribution in [3.8, 4) is 11.5 Å². The predicted molar refractivity (Wildman–Crippen MR) is 117 cm³/mol. The summed E-state index contributed by atoms with van der Waals surface area (Å²) in [5, 5.41) is 0. The zero-order valence-corrected chi connectivity index (χ0v) is 17.6. The van der Waals surface area contributed by atoms with E-state index in [0.29, 0.717) is 12.5 Å². The number of nitrogens with zero attached hydrogens (tertiary/aromatic N) is 2. The maximum absolute atomic E-state index is 13.6. The Bertz CT molecular complexity index is 929. The van der Waals surface area contributed by atoms with Gasteiger partial charge in [-0.05, 0) is 72.8 Å². The lowest BCUT2D eigenvalue weighted by atomic mass is 9.90. The van der Waals surface area contributed by atoms with Crippen LogP contribution in [-0.2, 0) is 0 Å². The van der Waals surface area contributed by atoms with E-state index in [2.05, 4.69) is 22.9 Å². The second kappa shape index (κ2) is 8.40. The lowest BCUT2D eigenvalue weighted by Crippen LogP contribution is -2.45. The molecule has 5 heteroatoms. The molecule has 0 unspecified atom stereocenters. The van der Waals surface area contributed by atoms with Crippen LogP contribution in [0.15, 0.2) is 48.0 Å². The van der Waals surface area contributed by atoms with E-state index in [0.717, 1.165) is 67.5 Å². The first-order valence-electron chi connectivity index (χ1n) is 10.9. The Hall–Kier alpha value is -2.37. The molecule has 4 nitrogen and oxygen atoms in total. The van der Waals surface area contributed by atoms with Gasteiger partial charge in [0.05, 0.1) is 6.61 Å². The number of fused-ring (bicyclic) bond motifs is 1. The van der Waals surface area contributed by atoms with Gasteiger partial charge >= 0.3 is 0 Å². The number of hydrogen-bond acceptors (Lipinski definition) is 4. The molecule has 0 N–H and O–H groups in total. The fourth-order valence-electron chi connectivity index (χ4n) is 4.22. The minimum absolute atomic E-state index is 0.214. The average molecular weight is 409 g/mol. The molecule has 5 rings (SSSR count). The number of rotatable bonds is 6. The number of benzene rings is 2. The first-order chi connectivity index (χ1) is 14.7. The smallest absolute Gasteiger partial charge is 0.127 e. The topological polar surface area (TPSA) is 24.9 Å². The van der Waals surface area contributed by atoms with Gasteiger partial charge in [0.15, 0.2) is 0 Å². The fraction of sp³-hybridized carbons (Fsp3) is 0.440. The standard InChI is InChI=1S/C25H29FN2O2/c1-27-10-12-28(13-11-27)15-20-17-30-24-9-8-22(29-16-18-2-3-18)14-23(24)25(20)19-4-6-21(26)7-5-19/h4-9,14,18H,2-3,10-13,15-17H2,1H3. The van der Waals surface area contributed by atoms with Gasteiger partial charge < -0.3 is 14.4 Å². The second-order valence-corrected chi connectivity index (χ2v) is 8.77. The summed E-state index contributed by atoms with van der Waals surface area (Å²) >= 11 is 0. The number of ether oxygens (including phenoxy) is 2. The van der Waals surface area contributed by atoms with E-state index in [1.165, 1.54) is 18.4 Å². The summed E-state index contributed by atoms with van der Waals surface area (Å²) in [6, 6.07) is 12.9. The number of likely N-dealkylation sites (N-methyl/N-ethyl adjacent to an activating group) is 1. The highest BCUT2D eigenvalue weighted by Gasteiger charge is 2.26. The van der Waals surface area contributed by atoms with E-state index in [9.17, 15) is 4.39 Å². The van der Waals surface area contributed by atoms with Gasteiger partial charge in [0.1, 0.15) is 23.9 Å². The zero-order chi connectivity index (χ0) is 20.5. The van der Waals surface area contributed by atoms with Crippen LogP contribution in [0.5, 0.6) is 11.5 Å². The molecule has 0 amide bonds. The molecule has 1 saturated heterocycles. The van der Waals surface area contributed by atoms with E-state index in [-0.39, 0.29) is 5.82 Å². The first-order valence-corrected chi connectivity index (χ1v) is 10.9. The Morgan fingerprint density at radius 2 is 1.80 bits per heavy atom. The van der Waals surface area contributed by atoms with Crippen molar-refractivity contribution in [3.05, 3.63) is 65.0 Å². The van der Waals surface area contributed by atoms with Crippen LogP contribution < -0.4 is 9.47 Å². The van der Waals surface area contributed by atoms with Gasteiger partial charge in [-0.25, -0.2) is 4.39 Å². The quantitative estimate of drug-likeness (QED) is 0.720. The largest absolute Gasteiger partial charge is 0.493 e.